The molecule has 0 aliphatic heterocycles. The van der Waals surface area contributed by atoms with E-state index in [1.165, 1.54) is 12.8 Å². The van der Waals surface area contributed by atoms with Crippen molar-refractivity contribution >= 4 is 0 Å². The maximum Gasteiger partial charge on any atom is 0.0587 e. The monoisotopic (exact) mass is 158 g/mol. The zero-order chi connectivity index (χ0) is 8.10. The van der Waals surface area contributed by atoms with Crippen LogP contribution in [-0.4, -0.2) is 32.3 Å². The highest BCUT2D eigenvalue weighted by Crippen LogP contribution is 2.16. The van der Waals surface area contributed by atoms with E-state index in [1.54, 1.807) is 7.11 Å². The highest BCUT2D eigenvalue weighted by Gasteiger charge is 2.20. The Bertz CT molecular complexity index is 108. The van der Waals surface area contributed by atoms with Gasteiger partial charge in [-0.3, -0.25) is 0 Å². The Hall–Kier alpha value is -0.120. The molecule has 1 rings (SSSR count). The van der Waals surface area contributed by atoms with Crippen LogP contribution in [0.15, 0.2) is 0 Å². The van der Waals surface area contributed by atoms with Crippen LogP contribution in [0.5, 0.6) is 0 Å². The Kier molecular flexibility index (Phi) is 3.83. The van der Waals surface area contributed by atoms with Crippen molar-refractivity contribution in [2.45, 2.75) is 31.3 Å². The zero-order valence-electron chi connectivity index (χ0n) is 7.18. The SMILES string of the molecule is COCCNC1CCC(N)C1. The molecule has 11 heavy (non-hydrogen) atoms. The summed E-state index contributed by atoms with van der Waals surface area (Å²) in [5.41, 5.74) is 5.76. The van der Waals surface area contributed by atoms with Crippen molar-refractivity contribution in [3.05, 3.63) is 0 Å². The summed E-state index contributed by atoms with van der Waals surface area (Å²) in [6.45, 7) is 1.75. The number of hydrogen-bond donors (Lipinski definition) is 2. The van der Waals surface area contributed by atoms with Crippen molar-refractivity contribution in [3.63, 3.8) is 0 Å². The molecule has 0 amide bonds. The molecule has 0 aromatic heterocycles. The Morgan fingerprint density at radius 2 is 2.36 bits per heavy atom. The number of ether oxygens (including phenoxy) is 1. The Balaban J connectivity index is 1.99. The van der Waals surface area contributed by atoms with Gasteiger partial charge in [0, 0.05) is 25.7 Å². The number of rotatable bonds is 4. The minimum atomic E-state index is 0.426. The lowest BCUT2D eigenvalue weighted by Gasteiger charge is -2.10. The second-order valence-electron chi connectivity index (χ2n) is 3.22. The average Bonchev–Trinajstić information content (AvgIpc) is 2.37. The molecule has 0 heterocycles. The lowest BCUT2D eigenvalue weighted by molar-refractivity contribution is 0.195. The van der Waals surface area contributed by atoms with Crippen molar-refractivity contribution in [2.24, 2.45) is 5.73 Å². The first-order chi connectivity index (χ1) is 5.33. The minimum Gasteiger partial charge on any atom is -0.383 e. The molecule has 0 bridgehead atoms. The first-order valence-electron chi connectivity index (χ1n) is 4.31. The molecule has 1 fully saturated rings. The van der Waals surface area contributed by atoms with Crippen LogP contribution in [0, 0.1) is 0 Å². The molecule has 0 spiro atoms. The van der Waals surface area contributed by atoms with Crippen molar-refractivity contribution in [2.75, 3.05) is 20.3 Å². The van der Waals surface area contributed by atoms with E-state index < -0.39 is 0 Å². The van der Waals surface area contributed by atoms with Gasteiger partial charge < -0.3 is 15.8 Å². The van der Waals surface area contributed by atoms with Crippen LogP contribution in [0.4, 0.5) is 0 Å². The fourth-order valence-electron chi connectivity index (χ4n) is 1.57. The molecule has 1 saturated carbocycles. The first-order valence-corrected chi connectivity index (χ1v) is 4.31. The number of hydrogen-bond acceptors (Lipinski definition) is 3. The molecule has 0 aromatic rings. The fourth-order valence-corrected chi connectivity index (χ4v) is 1.57. The van der Waals surface area contributed by atoms with Crippen molar-refractivity contribution in [1.82, 2.24) is 5.32 Å². The predicted octanol–water partition coefficient (Wildman–Crippen LogP) is 0.102. The third-order valence-corrected chi connectivity index (χ3v) is 2.21. The van der Waals surface area contributed by atoms with Gasteiger partial charge in [0.25, 0.3) is 0 Å². The van der Waals surface area contributed by atoms with Gasteiger partial charge in [0.05, 0.1) is 6.61 Å². The molecule has 2 unspecified atom stereocenters. The van der Waals surface area contributed by atoms with E-state index >= 15 is 0 Å². The maximum absolute atomic E-state index is 5.76. The number of nitrogens with two attached hydrogens (primary N) is 1. The van der Waals surface area contributed by atoms with Crippen LogP contribution in [0.3, 0.4) is 0 Å². The third kappa shape index (κ3) is 3.18. The van der Waals surface area contributed by atoms with E-state index in [1.807, 2.05) is 0 Å². The van der Waals surface area contributed by atoms with E-state index in [9.17, 15) is 0 Å². The van der Waals surface area contributed by atoms with Crippen LogP contribution in [0.2, 0.25) is 0 Å². The molecule has 0 aromatic carbocycles. The van der Waals surface area contributed by atoms with Gasteiger partial charge in [-0.05, 0) is 19.3 Å². The molecule has 66 valence electrons. The minimum absolute atomic E-state index is 0.426. The molecular formula is C8H18N2O. The van der Waals surface area contributed by atoms with Gasteiger partial charge in [0.15, 0.2) is 0 Å². The largest absolute Gasteiger partial charge is 0.383 e. The summed E-state index contributed by atoms with van der Waals surface area (Å²) < 4.78 is 4.93. The Morgan fingerprint density at radius 3 is 2.91 bits per heavy atom. The molecule has 0 saturated heterocycles. The molecular weight excluding hydrogens is 140 g/mol. The number of nitrogens with one attached hydrogen (secondary N) is 1. The maximum atomic E-state index is 5.76. The molecule has 3 N–H and O–H groups in total. The third-order valence-electron chi connectivity index (χ3n) is 2.21. The highest BCUT2D eigenvalue weighted by molar-refractivity contribution is 4.82. The summed E-state index contributed by atoms with van der Waals surface area (Å²) in [6.07, 6.45) is 3.53. The summed E-state index contributed by atoms with van der Waals surface area (Å²) in [4.78, 5) is 0. The lowest BCUT2D eigenvalue weighted by Crippen LogP contribution is -2.31. The first kappa shape index (κ1) is 8.97. The van der Waals surface area contributed by atoms with Gasteiger partial charge in [0.2, 0.25) is 0 Å². The van der Waals surface area contributed by atoms with Crippen molar-refractivity contribution < 1.29 is 4.74 Å². The summed E-state index contributed by atoms with van der Waals surface area (Å²) in [7, 11) is 1.72. The quantitative estimate of drug-likeness (QED) is 0.571. The van der Waals surface area contributed by atoms with Gasteiger partial charge in [-0.15, -0.1) is 0 Å². The predicted molar refractivity (Wildman–Crippen MR) is 45.5 cm³/mol. The molecule has 3 nitrogen and oxygen atoms in total. The fraction of sp³-hybridized carbons (Fsp3) is 1.00. The molecule has 3 heteroatoms. The smallest absolute Gasteiger partial charge is 0.0587 e. The molecule has 2 atom stereocenters. The van der Waals surface area contributed by atoms with Crippen LogP contribution in [0.25, 0.3) is 0 Å². The van der Waals surface area contributed by atoms with E-state index in [0.29, 0.717) is 12.1 Å². The van der Waals surface area contributed by atoms with Gasteiger partial charge >= 0.3 is 0 Å². The Labute approximate surface area is 68.3 Å². The topological polar surface area (TPSA) is 47.3 Å². The Morgan fingerprint density at radius 1 is 1.55 bits per heavy atom. The summed E-state index contributed by atoms with van der Waals surface area (Å²) in [5, 5.41) is 3.41. The van der Waals surface area contributed by atoms with Crippen LogP contribution >= 0.6 is 0 Å². The van der Waals surface area contributed by atoms with Crippen LogP contribution in [-0.2, 0) is 4.74 Å². The summed E-state index contributed by atoms with van der Waals surface area (Å²) in [6, 6.07) is 1.06. The van der Waals surface area contributed by atoms with Crippen LogP contribution < -0.4 is 11.1 Å². The van der Waals surface area contributed by atoms with Gasteiger partial charge in [-0.25, -0.2) is 0 Å². The second kappa shape index (κ2) is 4.70. The normalized spacial score (nSPS) is 31.1. The van der Waals surface area contributed by atoms with Gasteiger partial charge in [0.1, 0.15) is 0 Å². The van der Waals surface area contributed by atoms with E-state index in [4.69, 9.17) is 10.5 Å². The molecule has 1 aliphatic carbocycles. The summed E-state index contributed by atoms with van der Waals surface area (Å²) in [5.74, 6) is 0. The van der Waals surface area contributed by atoms with Crippen molar-refractivity contribution in [3.8, 4) is 0 Å². The van der Waals surface area contributed by atoms with Crippen molar-refractivity contribution in [1.29, 1.82) is 0 Å². The summed E-state index contributed by atoms with van der Waals surface area (Å²) >= 11 is 0. The molecule has 0 radical (unpaired) electrons. The lowest BCUT2D eigenvalue weighted by atomic mass is 10.2. The van der Waals surface area contributed by atoms with Gasteiger partial charge in [-0.1, -0.05) is 0 Å². The second-order valence-corrected chi connectivity index (χ2v) is 3.22. The van der Waals surface area contributed by atoms with Gasteiger partial charge in [-0.2, -0.15) is 0 Å². The number of methoxy groups -OCH3 is 1. The standard InChI is InChI=1S/C8H18N2O/c1-11-5-4-10-8-3-2-7(9)6-8/h7-8,10H,2-6,9H2,1H3. The van der Waals surface area contributed by atoms with E-state index in [-0.39, 0.29) is 0 Å². The average molecular weight is 158 g/mol. The molecule has 1 aliphatic rings. The van der Waals surface area contributed by atoms with Crippen LogP contribution in [0.1, 0.15) is 19.3 Å². The van der Waals surface area contributed by atoms with E-state index in [0.717, 1.165) is 19.6 Å². The highest BCUT2D eigenvalue weighted by atomic mass is 16.5. The van der Waals surface area contributed by atoms with E-state index in [2.05, 4.69) is 5.32 Å². The zero-order valence-corrected chi connectivity index (χ0v) is 7.18.